The molecule has 0 spiro atoms. The van der Waals surface area contributed by atoms with E-state index in [1.54, 1.807) is 0 Å². The van der Waals surface area contributed by atoms with Crippen molar-refractivity contribution >= 4 is 5.69 Å². The summed E-state index contributed by atoms with van der Waals surface area (Å²) in [5.74, 6) is 1.99. The van der Waals surface area contributed by atoms with E-state index in [1.807, 2.05) is 6.33 Å². The summed E-state index contributed by atoms with van der Waals surface area (Å²) in [5.41, 5.74) is 2.55. The van der Waals surface area contributed by atoms with Crippen molar-refractivity contribution in [3.8, 4) is 0 Å². The van der Waals surface area contributed by atoms with Crippen LogP contribution < -0.4 is 5.32 Å². The number of hydrogen-bond donors (Lipinski definition) is 1. The second-order valence-electron chi connectivity index (χ2n) is 5.26. The average molecular weight is 242 g/mol. The largest absolute Gasteiger partial charge is 0.384 e. The third-order valence-electron chi connectivity index (χ3n) is 3.35. The number of fused-ring (bicyclic) bond motifs is 1. The molecule has 1 atom stereocenters. The fraction of sp³-hybridized carbons (Fsp3) is 0.429. The minimum atomic E-state index is 0.322. The first-order valence-corrected chi connectivity index (χ1v) is 6.46. The van der Waals surface area contributed by atoms with Gasteiger partial charge in [-0.3, -0.25) is 0 Å². The summed E-state index contributed by atoms with van der Waals surface area (Å²) in [6.07, 6.45) is 1.84. The normalized spacial score (nSPS) is 17.8. The molecule has 1 aliphatic heterocycles. The monoisotopic (exact) mass is 242 g/mol. The molecular weight excluding hydrogens is 224 g/mol. The minimum absolute atomic E-state index is 0.322. The Bertz CT molecular complexity index is 544. The second kappa shape index (κ2) is 4.44. The summed E-state index contributed by atoms with van der Waals surface area (Å²) >= 11 is 0. The Kier molecular flexibility index (Phi) is 2.78. The van der Waals surface area contributed by atoms with Crippen LogP contribution in [-0.2, 0) is 6.54 Å². The SMILES string of the molecule is CC(C)Cn1cnnc1C1CNc2ccccc21. The van der Waals surface area contributed by atoms with E-state index in [9.17, 15) is 0 Å². The van der Waals surface area contributed by atoms with Gasteiger partial charge in [0, 0.05) is 18.8 Å². The fourth-order valence-corrected chi connectivity index (χ4v) is 2.58. The highest BCUT2D eigenvalue weighted by atomic mass is 15.3. The molecule has 0 fully saturated rings. The molecule has 18 heavy (non-hydrogen) atoms. The number of anilines is 1. The van der Waals surface area contributed by atoms with E-state index in [0.29, 0.717) is 11.8 Å². The van der Waals surface area contributed by atoms with Gasteiger partial charge < -0.3 is 9.88 Å². The molecule has 0 bridgehead atoms. The molecule has 2 aromatic rings. The Hall–Kier alpha value is -1.84. The topological polar surface area (TPSA) is 42.7 Å². The van der Waals surface area contributed by atoms with Gasteiger partial charge in [0.05, 0.1) is 5.92 Å². The van der Waals surface area contributed by atoms with Crippen molar-refractivity contribution in [2.75, 3.05) is 11.9 Å². The van der Waals surface area contributed by atoms with E-state index in [-0.39, 0.29) is 0 Å². The first kappa shape index (κ1) is 11.3. The van der Waals surface area contributed by atoms with E-state index in [1.165, 1.54) is 11.3 Å². The van der Waals surface area contributed by atoms with E-state index in [4.69, 9.17) is 0 Å². The molecule has 0 saturated carbocycles. The Morgan fingerprint density at radius 3 is 3.06 bits per heavy atom. The van der Waals surface area contributed by atoms with Gasteiger partial charge in [-0.15, -0.1) is 10.2 Å². The molecule has 1 aliphatic rings. The van der Waals surface area contributed by atoms with Crippen LogP contribution in [0, 0.1) is 5.92 Å². The fourth-order valence-electron chi connectivity index (χ4n) is 2.58. The number of nitrogens with one attached hydrogen (secondary N) is 1. The molecule has 1 aromatic carbocycles. The van der Waals surface area contributed by atoms with E-state index >= 15 is 0 Å². The molecule has 4 heteroatoms. The van der Waals surface area contributed by atoms with Gasteiger partial charge in [0.1, 0.15) is 12.2 Å². The maximum absolute atomic E-state index is 4.32. The number of hydrogen-bond acceptors (Lipinski definition) is 3. The number of aromatic nitrogens is 3. The van der Waals surface area contributed by atoms with Crippen molar-refractivity contribution in [1.82, 2.24) is 14.8 Å². The molecule has 0 radical (unpaired) electrons. The van der Waals surface area contributed by atoms with Crippen LogP contribution in [-0.4, -0.2) is 21.3 Å². The van der Waals surface area contributed by atoms with E-state index < -0.39 is 0 Å². The Balaban J connectivity index is 1.95. The Labute approximate surface area is 107 Å². The van der Waals surface area contributed by atoms with E-state index in [0.717, 1.165) is 18.9 Å². The molecule has 2 heterocycles. The van der Waals surface area contributed by atoms with Crippen LogP contribution in [0.2, 0.25) is 0 Å². The summed E-state index contributed by atoms with van der Waals surface area (Å²) in [6, 6.07) is 8.45. The van der Waals surface area contributed by atoms with Gasteiger partial charge in [-0.05, 0) is 17.5 Å². The summed E-state index contributed by atoms with van der Waals surface area (Å²) in [4.78, 5) is 0. The number of rotatable bonds is 3. The van der Waals surface area contributed by atoms with Crippen LogP contribution in [0.5, 0.6) is 0 Å². The molecular formula is C14H18N4. The molecule has 3 rings (SSSR count). The van der Waals surface area contributed by atoms with Gasteiger partial charge in [0.25, 0.3) is 0 Å². The van der Waals surface area contributed by atoms with Crippen molar-refractivity contribution < 1.29 is 0 Å². The van der Waals surface area contributed by atoms with Crippen molar-refractivity contribution in [2.45, 2.75) is 26.3 Å². The van der Waals surface area contributed by atoms with E-state index in [2.05, 4.69) is 58.2 Å². The molecule has 94 valence electrons. The molecule has 0 amide bonds. The zero-order valence-corrected chi connectivity index (χ0v) is 10.8. The Morgan fingerprint density at radius 2 is 2.22 bits per heavy atom. The predicted octanol–water partition coefficient (Wildman–Crippen LogP) is 2.49. The molecule has 0 aliphatic carbocycles. The van der Waals surface area contributed by atoms with Crippen LogP contribution in [0.4, 0.5) is 5.69 Å². The number of benzene rings is 1. The number of para-hydroxylation sites is 1. The lowest BCUT2D eigenvalue weighted by Gasteiger charge is -2.13. The molecule has 4 nitrogen and oxygen atoms in total. The van der Waals surface area contributed by atoms with Gasteiger partial charge in [0.15, 0.2) is 0 Å². The lowest BCUT2D eigenvalue weighted by Crippen LogP contribution is -2.14. The van der Waals surface area contributed by atoms with Crippen LogP contribution in [0.25, 0.3) is 0 Å². The van der Waals surface area contributed by atoms with Crippen molar-refractivity contribution in [3.63, 3.8) is 0 Å². The maximum atomic E-state index is 4.32. The lowest BCUT2D eigenvalue weighted by atomic mass is 10.0. The second-order valence-corrected chi connectivity index (χ2v) is 5.26. The average Bonchev–Trinajstić information content (AvgIpc) is 2.94. The minimum Gasteiger partial charge on any atom is -0.384 e. The van der Waals surface area contributed by atoms with Crippen molar-refractivity contribution in [3.05, 3.63) is 42.0 Å². The first-order valence-electron chi connectivity index (χ1n) is 6.46. The smallest absolute Gasteiger partial charge is 0.142 e. The maximum Gasteiger partial charge on any atom is 0.142 e. The molecule has 1 aromatic heterocycles. The van der Waals surface area contributed by atoms with Crippen LogP contribution in [0.3, 0.4) is 0 Å². The van der Waals surface area contributed by atoms with Crippen molar-refractivity contribution in [2.24, 2.45) is 5.92 Å². The zero-order valence-electron chi connectivity index (χ0n) is 10.8. The highest BCUT2D eigenvalue weighted by molar-refractivity contribution is 5.59. The van der Waals surface area contributed by atoms with Gasteiger partial charge in [0.2, 0.25) is 0 Å². The molecule has 0 saturated heterocycles. The zero-order chi connectivity index (χ0) is 12.5. The summed E-state index contributed by atoms with van der Waals surface area (Å²) in [7, 11) is 0. The van der Waals surface area contributed by atoms with Crippen LogP contribution >= 0.6 is 0 Å². The van der Waals surface area contributed by atoms with Crippen LogP contribution in [0.1, 0.15) is 31.2 Å². The Morgan fingerprint density at radius 1 is 1.39 bits per heavy atom. The molecule has 1 unspecified atom stereocenters. The predicted molar refractivity (Wildman–Crippen MR) is 71.6 cm³/mol. The highest BCUT2D eigenvalue weighted by Gasteiger charge is 2.27. The van der Waals surface area contributed by atoms with Crippen LogP contribution in [0.15, 0.2) is 30.6 Å². The van der Waals surface area contributed by atoms with Crippen molar-refractivity contribution in [1.29, 1.82) is 0 Å². The lowest BCUT2D eigenvalue weighted by molar-refractivity contribution is 0.501. The van der Waals surface area contributed by atoms with Gasteiger partial charge in [-0.25, -0.2) is 0 Å². The summed E-state index contributed by atoms with van der Waals surface area (Å²) in [6.45, 7) is 6.31. The third kappa shape index (κ3) is 1.88. The molecule has 1 N–H and O–H groups in total. The summed E-state index contributed by atoms with van der Waals surface area (Å²) in [5, 5.41) is 11.8. The van der Waals surface area contributed by atoms with Gasteiger partial charge >= 0.3 is 0 Å². The third-order valence-corrected chi connectivity index (χ3v) is 3.35. The quantitative estimate of drug-likeness (QED) is 0.899. The standard InChI is InChI=1S/C14H18N4/c1-10(2)8-18-9-16-17-14(18)12-7-15-13-6-4-3-5-11(12)13/h3-6,9-10,12,15H,7-8H2,1-2H3. The first-order chi connectivity index (χ1) is 8.75. The highest BCUT2D eigenvalue weighted by Crippen LogP contribution is 2.34. The number of nitrogens with zero attached hydrogens (tertiary/aromatic N) is 3. The summed E-state index contributed by atoms with van der Waals surface area (Å²) < 4.78 is 2.18. The van der Waals surface area contributed by atoms with Gasteiger partial charge in [-0.1, -0.05) is 32.0 Å². The van der Waals surface area contributed by atoms with Gasteiger partial charge in [-0.2, -0.15) is 0 Å².